The second kappa shape index (κ2) is 6.37. The molecule has 0 bridgehead atoms. The average molecular weight is 295 g/mol. The maximum atomic E-state index is 11.1. The lowest BCUT2D eigenvalue weighted by atomic mass is 9.88. The second-order valence-corrected chi connectivity index (χ2v) is 6.83. The Morgan fingerprint density at radius 2 is 1.75 bits per heavy atom. The van der Waals surface area contributed by atoms with Gasteiger partial charge in [-0.25, -0.2) is 13.6 Å². The number of nitrogens with zero attached hydrogens (tertiary/aromatic N) is 1. The van der Waals surface area contributed by atoms with Gasteiger partial charge in [0.2, 0.25) is 10.0 Å². The van der Waals surface area contributed by atoms with E-state index in [9.17, 15) is 8.42 Å². The molecule has 0 unspecified atom stereocenters. The first-order valence-corrected chi connectivity index (χ1v) is 8.43. The van der Waals surface area contributed by atoms with Crippen molar-refractivity contribution in [3.63, 3.8) is 0 Å². The Bertz CT molecular complexity index is 573. The molecule has 0 aromatic heterocycles. The van der Waals surface area contributed by atoms with Crippen LogP contribution in [0.4, 0.5) is 0 Å². The third-order valence-corrected chi connectivity index (χ3v) is 4.65. The van der Waals surface area contributed by atoms with Crippen molar-refractivity contribution in [1.29, 1.82) is 0 Å². The standard InChI is InChI=1S/C14H21N3O2S/c15-14(12-4-2-1-3-5-12)17-10-11-6-8-13(9-7-11)20(16,18)19/h6-9,12H,1-5,10H2,(H2,15,17)(H2,16,18,19). The van der Waals surface area contributed by atoms with Crippen LogP contribution in [0.15, 0.2) is 34.2 Å². The predicted octanol–water partition coefficient (Wildman–Crippen LogP) is 1.77. The van der Waals surface area contributed by atoms with Gasteiger partial charge in [0.1, 0.15) is 0 Å². The molecule has 1 aliphatic carbocycles. The van der Waals surface area contributed by atoms with Crippen molar-refractivity contribution in [2.24, 2.45) is 21.8 Å². The summed E-state index contributed by atoms with van der Waals surface area (Å²) in [4.78, 5) is 4.54. The summed E-state index contributed by atoms with van der Waals surface area (Å²) in [7, 11) is -3.63. The van der Waals surface area contributed by atoms with Crippen LogP contribution in [0.5, 0.6) is 0 Å². The fraction of sp³-hybridized carbons (Fsp3) is 0.500. The van der Waals surface area contributed by atoms with Gasteiger partial charge in [-0.05, 0) is 30.5 Å². The highest BCUT2D eigenvalue weighted by Crippen LogP contribution is 2.23. The van der Waals surface area contributed by atoms with Gasteiger partial charge in [0.25, 0.3) is 0 Å². The topological polar surface area (TPSA) is 98.5 Å². The minimum Gasteiger partial charge on any atom is -0.387 e. The van der Waals surface area contributed by atoms with Crippen LogP contribution >= 0.6 is 0 Å². The van der Waals surface area contributed by atoms with Gasteiger partial charge in [-0.1, -0.05) is 31.4 Å². The Labute approximate surface area is 120 Å². The molecule has 2 rings (SSSR count). The van der Waals surface area contributed by atoms with Gasteiger partial charge >= 0.3 is 0 Å². The zero-order chi connectivity index (χ0) is 14.6. The summed E-state index contributed by atoms with van der Waals surface area (Å²) in [5.41, 5.74) is 6.96. The van der Waals surface area contributed by atoms with E-state index >= 15 is 0 Å². The smallest absolute Gasteiger partial charge is 0.238 e. The molecule has 20 heavy (non-hydrogen) atoms. The van der Waals surface area contributed by atoms with Gasteiger partial charge < -0.3 is 5.73 Å². The number of hydrogen-bond donors (Lipinski definition) is 2. The lowest BCUT2D eigenvalue weighted by molar-refractivity contribution is 0.436. The summed E-state index contributed by atoms with van der Waals surface area (Å²) < 4.78 is 22.3. The summed E-state index contributed by atoms with van der Waals surface area (Å²) in [5, 5.41) is 5.05. The fourth-order valence-electron chi connectivity index (χ4n) is 2.49. The van der Waals surface area contributed by atoms with Crippen LogP contribution in [0.3, 0.4) is 0 Å². The van der Waals surface area contributed by atoms with Crippen molar-refractivity contribution in [3.05, 3.63) is 29.8 Å². The van der Waals surface area contributed by atoms with E-state index in [1.54, 1.807) is 12.1 Å². The summed E-state index contributed by atoms with van der Waals surface area (Å²) >= 11 is 0. The molecule has 1 aromatic rings. The van der Waals surface area contributed by atoms with Crippen molar-refractivity contribution in [2.75, 3.05) is 0 Å². The third kappa shape index (κ3) is 4.05. The molecule has 110 valence electrons. The minimum atomic E-state index is -3.63. The number of sulfonamides is 1. The lowest BCUT2D eigenvalue weighted by Gasteiger charge is -2.20. The van der Waals surface area contributed by atoms with E-state index in [1.165, 1.54) is 31.4 Å². The highest BCUT2D eigenvalue weighted by atomic mass is 32.2. The maximum Gasteiger partial charge on any atom is 0.238 e. The molecule has 0 radical (unpaired) electrons. The van der Waals surface area contributed by atoms with Crippen molar-refractivity contribution < 1.29 is 8.42 Å². The number of aliphatic imine (C=N–C) groups is 1. The lowest BCUT2D eigenvalue weighted by Crippen LogP contribution is -2.25. The summed E-state index contributed by atoms with van der Waals surface area (Å²) in [6.45, 7) is 0.479. The number of primary sulfonamides is 1. The highest BCUT2D eigenvalue weighted by Gasteiger charge is 2.16. The van der Waals surface area contributed by atoms with Crippen LogP contribution < -0.4 is 10.9 Å². The van der Waals surface area contributed by atoms with E-state index in [0.29, 0.717) is 12.5 Å². The van der Waals surface area contributed by atoms with Crippen molar-refractivity contribution >= 4 is 15.9 Å². The van der Waals surface area contributed by atoms with Gasteiger partial charge in [0, 0.05) is 5.92 Å². The number of rotatable bonds is 4. The molecule has 0 saturated heterocycles. The first-order valence-electron chi connectivity index (χ1n) is 6.88. The van der Waals surface area contributed by atoms with Crippen LogP contribution in [-0.4, -0.2) is 14.3 Å². The largest absolute Gasteiger partial charge is 0.387 e. The molecule has 1 saturated carbocycles. The third-order valence-electron chi connectivity index (χ3n) is 3.72. The second-order valence-electron chi connectivity index (χ2n) is 5.26. The molecule has 0 atom stereocenters. The molecule has 1 fully saturated rings. The fourth-order valence-corrected chi connectivity index (χ4v) is 3.01. The normalized spacial score (nSPS) is 18.1. The van der Waals surface area contributed by atoms with Crippen LogP contribution in [0.2, 0.25) is 0 Å². The Morgan fingerprint density at radius 3 is 2.30 bits per heavy atom. The number of amidine groups is 1. The van der Waals surface area contributed by atoms with E-state index in [1.807, 2.05) is 0 Å². The highest BCUT2D eigenvalue weighted by molar-refractivity contribution is 7.89. The van der Waals surface area contributed by atoms with E-state index in [2.05, 4.69) is 4.99 Å². The maximum absolute atomic E-state index is 11.1. The molecule has 0 aliphatic heterocycles. The zero-order valence-electron chi connectivity index (χ0n) is 11.5. The Balaban J connectivity index is 1.99. The van der Waals surface area contributed by atoms with Crippen LogP contribution in [-0.2, 0) is 16.6 Å². The SMILES string of the molecule is NC(=NCc1ccc(S(N)(=O)=O)cc1)C1CCCCC1. The molecule has 0 heterocycles. The van der Waals surface area contributed by atoms with Gasteiger partial charge in [0.05, 0.1) is 17.3 Å². The monoisotopic (exact) mass is 295 g/mol. The first-order chi connectivity index (χ1) is 9.47. The van der Waals surface area contributed by atoms with E-state index in [4.69, 9.17) is 10.9 Å². The molecule has 0 spiro atoms. The van der Waals surface area contributed by atoms with Gasteiger partial charge in [0.15, 0.2) is 0 Å². The molecule has 5 nitrogen and oxygen atoms in total. The van der Waals surface area contributed by atoms with Crippen molar-refractivity contribution in [3.8, 4) is 0 Å². The summed E-state index contributed by atoms with van der Waals surface area (Å²) in [6, 6.07) is 6.43. The van der Waals surface area contributed by atoms with Gasteiger partial charge in [-0.2, -0.15) is 0 Å². The van der Waals surface area contributed by atoms with Crippen LogP contribution in [0, 0.1) is 5.92 Å². The molecule has 0 amide bonds. The Morgan fingerprint density at radius 1 is 1.15 bits per heavy atom. The molecule has 4 N–H and O–H groups in total. The van der Waals surface area contributed by atoms with E-state index < -0.39 is 10.0 Å². The Kier molecular flexibility index (Phi) is 4.77. The van der Waals surface area contributed by atoms with Crippen molar-refractivity contribution in [1.82, 2.24) is 0 Å². The first kappa shape index (κ1) is 15.0. The van der Waals surface area contributed by atoms with Gasteiger partial charge in [-0.3, -0.25) is 4.99 Å². The predicted molar refractivity (Wildman–Crippen MR) is 79.7 cm³/mol. The van der Waals surface area contributed by atoms with Gasteiger partial charge in [-0.15, -0.1) is 0 Å². The Hall–Kier alpha value is -1.40. The molecule has 1 aliphatic rings. The van der Waals surface area contributed by atoms with Crippen molar-refractivity contribution in [2.45, 2.75) is 43.5 Å². The molecule has 1 aromatic carbocycles. The number of benzene rings is 1. The minimum absolute atomic E-state index is 0.116. The van der Waals surface area contributed by atoms with Crippen LogP contribution in [0.25, 0.3) is 0 Å². The molecule has 6 heteroatoms. The number of hydrogen-bond acceptors (Lipinski definition) is 3. The molecular formula is C14H21N3O2S. The number of nitrogens with two attached hydrogens (primary N) is 2. The van der Waals surface area contributed by atoms with E-state index in [0.717, 1.165) is 24.2 Å². The average Bonchev–Trinajstić information content (AvgIpc) is 2.45. The summed E-state index contributed by atoms with van der Waals surface area (Å²) in [5.74, 6) is 1.13. The quantitative estimate of drug-likeness (QED) is 0.654. The summed E-state index contributed by atoms with van der Waals surface area (Å²) in [6.07, 6.45) is 5.99. The van der Waals surface area contributed by atoms with Crippen LogP contribution in [0.1, 0.15) is 37.7 Å². The zero-order valence-corrected chi connectivity index (χ0v) is 12.3. The van der Waals surface area contributed by atoms with E-state index in [-0.39, 0.29) is 4.90 Å². The molecular weight excluding hydrogens is 274 g/mol.